The van der Waals surface area contributed by atoms with Crippen LogP contribution in [0.4, 0.5) is 5.69 Å². The molecule has 1 aromatic carbocycles. The third kappa shape index (κ3) is 5.61. The Bertz CT molecular complexity index is 609. The number of ether oxygens (including phenoxy) is 1. The maximum absolute atomic E-state index is 12.3. The normalized spacial score (nSPS) is 17.2. The van der Waals surface area contributed by atoms with Crippen molar-refractivity contribution in [3.63, 3.8) is 0 Å². The molecule has 1 aromatic rings. The van der Waals surface area contributed by atoms with Crippen LogP contribution in [-0.4, -0.2) is 56.1 Å². The molecule has 25 heavy (non-hydrogen) atoms. The number of nitrogens with zero attached hydrogens (tertiary/aromatic N) is 1. The Kier molecular flexibility index (Phi) is 7.52. The Labute approximate surface area is 153 Å². The van der Waals surface area contributed by atoms with E-state index in [0.717, 1.165) is 25.1 Å². The van der Waals surface area contributed by atoms with Gasteiger partial charge in [0.05, 0.1) is 23.7 Å². The van der Waals surface area contributed by atoms with Crippen LogP contribution < -0.4 is 10.6 Å². The second kappa shape index (κ2) is 9.63. The summed E-state index contributed by atoms with van der Waals surface area (Å²) in [6.07, 6.45) is 3.31. The van der Waals surface area contributed by atoms with Gasteiger partial charge in [-0.15, -0.1) is 0 Å². The molecule has 138 valence electrons. The number of carbonyl (C=O) groups is 2. The molecule has 0 bridgehead atoms. The SMILES string of the molecule is COCCNC(=O)c1ccc(NCC(=O)N2CCCCC2C)cc1Cl. The first-order valence-electron chi connectivity index (χ1n) is 8.63. The Morgan fingerprint density at radius 1 is 1.36 bits per heavy atom. The molecule has 2 N–H and O–H groups in total. The van der Waals surface area contributed by atoms with Crippen LogP contribution in [0.1, 0.15) is 36.5 Å². The summed E-state index contributed by atoms with van der Waals surface area (Å²) in [6, 6.07) is 5.37. The van der Waals surface area contributed by atoms with Crippen molar-refractivity contribution < 1.29 is 14.3 Å². The van der Waals surface area contributed by atoms with Crippen molar-refractivity contribution in [1.29, 1.82) is 0 Å². The van der Waals surface area contributed by atoms with Crippen LogP contribution in [0.2, 0.25) is 5.02 Å². The summed E-state index contributed by atoms with van der Waals surface area (Å²) >= 11 is 6.20. The zero-order valence-electron chi connectivity index (χ0n) is 14.8. The van der Waals surface area contributed by atoms with Crippen molar-refractivity contribution >= 4 is 29.1 Å². The highest BCUT2D eigenvalue weighted by molar-refractivity contribution is 6.34. The van der Waals surface area contributed by atoms with E-state index in [2.05, 4.69) is 17.6 Å². The molecule has 1 fully saturated rings. The zero-order chi connectivity index (χ0) is 18.2. The molecule has 0 saturated carbocycles. The second-order valence-corrected chi connectivity index (χ2v) is 6.64. The third-order valence-electron chi connectivity index (χ3n) is 4.37. The largest absolute Gasteiger partial charge is 0.383 e. The number of hydrogen-bond acceptors (Lipinski definition) is 4. The van der Waals surface area contributed by atoms with Gasteiger partial charge in [0.25, 0.3) is 5.91 Å². The fourth-order valence-electron chi connectivity index (χ4n) is 2.92. The smallest absolute Gasteiger partial charge is 0.252 e. The molecule has 1 heterocycles. The summed E-state index contributed by atoms with van der Waals surface area (Å²) in [5.74, 6) is -0.156. The summed E-state index contributed by atoms with van der Waals surface area (Å²) in [6.45, 7) is 4.00. The summed E-state index contributed by atoms with van der Waals surface area (Å²) in [4.78, 5) is 26.3. The van der Waals surface area contributed by atoms with Crippen molar-refractivity contribution in [1.82, 2.24) is 10.2 Å². The number of piperidine rings is 1. The lowest BCUT2D eigenvalue weighted by Gasteiger charge is -2.33. The minimum absolute atomic E-state index is 0.0877. The van der Waals surface area contributed by atoms with Gasteiger partial charge in [-0.3, -0.25) is 9.59 Å². The van der Waals surface area contributed by atoms with Gasteiger partial charge < -0.3 is 20.3 Å². The zero-order valence-corrected chi connectivity index (χ0v) is 15.6. The highest BCUT2D eigenvalue weighted by Gasteiger charge is 2.22. The third-order valence-corrected chi connectivity index (χ3v) is 4.69. The van der Waals surface area contributed by atoms with Gasteiger partial charge in [-0.05, 0) is 44.4 Å². The first kappa shape index (κ1) is 19.5. The van der Waals surface area contributed by atoms with Crippen LogP contribution in [0.15, 0.2) is 18.2 Å². The number of amides is 2. The van der Waals surface area contributed by atoms with Crippen LogP contribution in [-0.2, 0) is 9.53 Å². The van der Waals surface area contributed by atoms with Gasteiger partial charge >= 0.3 is 0 Å². The predicted molar refractivity (Wildman–Crippen MR) is 99.2 cm³/mol. The topological polar surface area (TPSA) is 70.7 Å². The molecule has 0 radical (unpaired) electrons. The van der Waals surface area contributed by atoms with Gasteiger partial charge in [0.1, 0.15) is 0 Å². The fourth-order valence-corrected chi connectivity index (χ4v) is 3.19. The molecular formula is C18H26ClN3O3. The number of hydrogen-bond donors (Lipinski definition) is 2. The minimum atomic E-state index is -0.244. The van der Waals surface area contributed by atoms with Crippen molar-refractivity contribution in [3.8, 4) is 0 Å². The van der Waals surface area contributed by atoms with Crippen LogP contribution in [0.25, 0.3) is 0 Å². The van der Waals surface area contributed by atoms with Crippen molar-refractivity contribution in [3.05, 3.63) is 28.8 Å². The first-order valence-corrected chi connectivity index (χ1v) is 9.00. The van der Waals surface area contributed by atoms with E-state index in [9.17, 15) is 9.59 Å². The number of likely N-dealkylation sites (tertiary alicyclic amines) is 1. The lowest BCUT2D eigenvalue weighted by atomic mass is 10.0. The molecule has 1 saturated heterocycles. The minimum Gasteiger partial charge on any atom is -0.383 e. The fraction of sp³-hybridized carbons (Fsp3) is 0.556. The molecule has 2 rings (SSSR count). The number of nitrogens with one attached hydrogen (secondary N) is 2. The number of carbonyl (C=O) groups excluding carboxylic acids is 2. The van der Waals surface area contributed by atoms with Crippen LogP contribution in [0.5, 0.6) is 0 Å². The second-order valence-electron chi connectivity index (χ2n) is 6.23. The molecule has 0 aromatic heterocycles. The van der Waals surface area contributed by atoms with Gasteiger partial charge in [-0.25, -0.2) is 0 Å². The highest BCUT2D eigenvalue weighted by Crippen LogP contribution is 2.21. The number of halogens is 1. The number of anilines is 1. The maximum atomic E-state index is 12.3. The van der Waals surface area contributed by atoms with Crippen LogP contribution in [0, 0.1) is 0 Å². The average Bonchev–Trinajstić information content (AvgIpc) is 2.60. The average molecular weight is 368 g/mol. The molecule has 0 spiro atoms. The van der Waals surface area contributed by atoms with Gasteiger partial charge in [0.2, 0.25) is 5.91 Å². The molecule has 1 aliphatic heterocycles. The lowest BCUT2D eigenvalue weighted by Crippen LogP contribution is -2.44. The lowest BCUT2D eigenvalue weighted by molar-refractivity contribution is -0.132. The molecule has 1 unspecified atom stereocenters. The van der Waals surface area contributed by atoms with E-state index in [4.69, 9.17) is 16.3 Å². The predicted octanol–water partition coefficient (Wildman–Crippen LogP) is 2.53. The van der Waals surface area contributed by atoms with E-state index in [1.165, 1.54) is 6.42 Å². The monoisotopic (exact) mass is 367 g/mol. The van der Waals surface area contributed by atoms with E-state index in [1.54, 1.807) is 25.3 Å². The van der Waals surface area contributed by atoms with Gasteiger partial charge in [0.15, 0.2) is 0 Å². The van der Waals surface area contributed by atoms with Gasteiger partial charge in [-0.2, -0.15) is 0 Å². The number of methoxy groups -OCH3 is 1. The number of benzene rings is 1. The summed E-state index contributed by atoms with van der Waals surface area (Å²) < 4.78 is 4.90. The summed E-state index contributed by atoms with van der Waals surface area (Å²) in [7, 11) is 1.57. The number of rotatable bonds is 7. The summed E-state index contributed by atoms with van der Waals surface area (Å²) in [5.41, 5.74) is 1.12. The maximum Gasteiger partial charge on any atom is 0.252 e. The van der Waals surface area contributed by atoms with Crippen LogP contribution >= 0.6 is 11.6 Å². The molecule has 2 amide bonds. The Balaban J connectivity index is 1.89. The van der Waals surface area contributed by atoms with Crippen LogP contribution in [0.3, 0.4) is 0 Å². The molecule has 6 nitrogen and oxygen atoms in total. The van der Waals surface area contributed by atoms with Crippen molar-refractivity contribution in [2.75, 3.05) is 38.7 Å². The quantitative estimate of drug-likeness (QED) is 0.726. The van der Waals surface area contributed by atoms with Crippen molar-refractivity contribution in [2.24, 2.45) is 0 Å². The molecular weight excluding hydrogens is 342 g/mol. The Hall–Kier alpha value is -1.79. The van der Waals surface area contributed by atoms with Gasteiger partial charge in [-0.1, -0.05) is 11.6 Å². The molecule has 1 atom stereocenters. The Morgan fingerprint density at radius 3 is 2.84 bits per heavy atom. The first-order chi connectivity index (χ1) is 12.0. The van der Waals surface area contributed by atoms with E-state index >= 15 is 0 Å². The van der Waals surface area contributed by atoms with E-state index in [1.807, 2.05) is 4.90 Å². The molecule has 1 aliphatic rings. The van der Waals surface area contributed by atoms with E-state index in [-0.39, 0.29) is 18.4 Å². The summed E-state index contributed by atoms with van der Waals surface area (Å²) in [5, 5.41) is 6.17. The highest BCUT2D eigenvalue weighted by atomic mass is 35.5. The van der Waals surface area contributed by atoms with E-state index in [0.29, 0.717) is 29.8 Å². The Morgan fingerprint density at radius 2 is 2.16 bits per heavy atom. The molecule has 0 aliphatic carbocycles. The molecule has 7 heteroatoms. The van der Waals surface area contributed by atoms with E-state index < -0.39 is 0 Å². The van der Waals surface area contributed by atoms with Gasteiger partial charge in [0, 0.05) is 31.9 Å². The standard InChI is InChI=1S/C18H26ClN3O3/c1-13-5-3-4-9-22(13)17(23)12-21-14-6-7-15(16(19)11-14)18(24)20-8-10-25-2/h6-7,11,13,21H,3-5,8-10,12H2,1-2H3,(H,20,24). The van der Waals surface area contributed by atoms with Crippen molar-refractivity contribution in [2.45, 2.75) is 32.2 Å².